The van der Waals surface area contributed by atoms with Crippen LogP contribution in [0.1, 0.15) is 119 Å². The van der Waals surface area contributed by atoms with Crippen molar-refractivity contribution in [2.24, 2.45) is 0 Å². The first-order valence-electron chi connectivity index (χ1n) is 32.3. The third kappa shape index (κ3) is 12.5. The SMILES string of the molecule is CC(C)c1c(-c2ccc(C(F)(F)F)c(C(=O)O)c2)c2cc3[nH]ncc3cc2n1-c1ccc(F)cc1.Cc1cc(-c2c(C(C)C)n(-c3ccc(F)cc3)c3cc4cn[nH]c4cc23)cc(F)c1C(=O)O.Cc1ccc(CC(=O)O)cc1-c1c(C(C)C)n(-c2ccc(F)cc2)c2cc3cn[nH]c3cc12. The van der Waals surface area contributed by atoms with E-state index in [4.69, 9.17) is 0 Å². The summed E-state index contributed by atoms with van der Waals surface area (Å²) >= 11 is 0. The molecule has 0 aliphatic rings. The van der Waals surface area contributed by atoms with Crippen LogP contribution in [0.4, 0.5) is 30.7 Å². The lowest BCUT2D eigenvalue weighted by molar-refractivity contribution is -0.138. The Labute approximate surface area is 571 Å². The molecule has 0 aliphatic heterocycles. The van der Waals surface area contributed by atoms with Gasteiger partial charge in [-0.2, -0.15) is 28.5 Å². The normalized spacial score (nSPS) is 11.9. The van der Waals surface area contributed by atoms with Crippen LogP contribution in [0, 0.1) is 37.1 Å². The second-order valence-electron chi connectivity index (χ2n) is 25.9. The zero-order valence-electron chi connectivity index (χ0n) is 55.6. The molecule has 6 aromatic heterocycles. The van der Waals surface area contributed by atoms with Crippen LogP contribution in [0.2, 0.25) is 0 Å². The van der Waals surface area contributed by atoms with Crippen LogP contribution in [0.3, 0.4) is 0 Å². The highest BCUT2D eigenvalue weighted by atomic mass is 19.4. The monoisotopic (exact) mass is 1370 g/mol. The maximum absolute atomic E-state index is 14.9. The van der Waals surface area contributed by atoms with Crippen molar-refractivity contribution in [3.63, 3.8) is 0 Å². The molecule has 0 fully saturated rings. The number of aliphatic carboxylic acids is 1. The van der Waals surface area contributed by atoms with Gasteiger partial charge in [0.05, 0.1) is 74.8 Å². The summed E-state index contributed by atoms with van der Waals surface area (Å²) in [6, 6.07) is 42.6. The van der Waals surface area contributed by atoms with Crippen molar-refractivity contribution in [3.8, 4) is 50.4 Å². The van der Waals surface area contributed by atoms with Crippen molar-refractivity contribution >= 4 is 83.3 Å². The fraction of sp³-hybridized carbons (Fsp3) is 0.165. The lowest BCUT2D eigenvalue weighted by atomic mass is 9.92. The number of aryl methyl sites for hydroxylation is 2. The van der Waals surface area contributed by atoms with Crippen LogP contribution in [0.15, 0.2) is 176 Å². The van der Waals surface area contributed by atoms with Crippen LogP contribution in [0.25, 0.3) is 116 Å². The molecule has 15 nitrogen and oxygen atoms in total. The zero-order chi connectivity index (χ0) is 71.8. The molecule has 0 atom stereocenters. The number of halogens is 7. The highest BCUT2D eigenvalue weighted by Gasteiger charge is 2.36. The first-order valence-corrected chi connectivity index (χ1v) is 32.3. The van der Waals surface area contributed by atoms with Crippen LogP contribution in [0.5, 0.6) is 0 Å². The molecule has 6 heterocycles. The largest absolute Gasteiger partial charge is 0.481 e. The van der Waals surface area contributed by atoms with Crippen molar-refractivity contribution in [1.82, 2.24) is 44.3 Å². The molecule has 0 radical (unpaired) electrons. The minimum absolute atomic E-state index is 0.0245. The van der Waals surface area contributed by atoms with Gasteiger partial charge in [0, 0.05) is 83.2 Å². The molecular formula is C79H64F7N9O6. The average molecular weight is 1370 g/mol. The summed E-state index contributed by atoms with van der Waals surface area (Å²) in [6.45, 7) is 15.9. The van der Waals surface area contributed by atoms with Crippen molar-refractivity contribution in [3.05, 3.63) is 250 Å². The van der Waals surface area contributed by atoms with Gasteiger partial charge < -0.3 is 29.0 Å². The molecular weight excluding hydrogens is 1300 g/mol. The predicted molar refractivity (Wildman–Crippen MR) is 377 cm³/mol. The van der Waals surface area contributed by atoms with Gasteiger partial charge in [-0.25, -0.2) is 27.2 Å². The molecule has 15 aromatic rings. The Morgan fingerprint density at radius 2 is 0.861 bits per heavy atom. The summed E-state index contributed by atoms with van der Waals surface area (Å²) in [6.07, 6.45) is 0.344. The first-order chi connectivity index (χ1) is 48.1. The number of aromatic carboxylic acids is 2. The number of hydrogen-bond donors (Lipinski definition) is 6. The minimum atomic E-state index is -4.81. The van der Waals surface area contributed by atoms with Crippen LogP contribution in [-0.2, 0) is 17.4 Å². The molecule has 0 amide bonds. The van der Waals surface area contributed by atoms with Crippen LogP contribution in [-0.4, -0.2) is 77.5 Å². The Morgan fingerprint density at radius 1 is 0.455 bits per heavy atom. The molecule has 101 heavy (non-hydrogen) atoms. The van der Waals surface area contributed by atoms with Crippen LogP contribution < -0.4 is 0 Å². The number of alkyl halides is 3. The number of rotatable bonds is 13. The number of carbonyl (C=O) groups is 3. The van der Waals surface area contributed by atoms with E-state index in [2.05, 4.69) is 65.7 Å². The van der Waals surface area contributed by atoms with Crippen molar-refractivity contribution in [2.75, 3.05) is 0 Å². The number of H-pyrrole nitrogens is 3. The predicted octanol–water partition coefficient (Wildman–Crippen LogP) is 20.1. The average Bonchev–Trinajstić information content (AvgIpc) is 1.59. The number of hydrogen-bond acceptors (Lipinski definition) is 6. The van der Waals surface area contributed by atoms with Gasteiger partial charge in [-0.05, 0) is 192 Å². The summed E-state index contributed by atoms with van der Waals surface area (Å²) in [5.74, 6) is -5.56. The Kier molecular flexibility index (Phi) is 17.6. The number of carboxylic acid groups (broad SMARTS) is 3. The standard InChI is InChI=1S/C27H24FN3O2.C26H19F4N3O2.C26H21F2N3O2/c1-15(2)27-26(21-10-17(11-25(32)33)5-4-16(21)3)22-13-23-18(14-29-30-23)12-24(22)31(27)20-8-6-19(28)7-9-20;1-13(2)24-23(14-3-8-20(26(28,29)30)18(9-14)25(34)35)19-11-21-15(12-31-32-21)10-22(19)33(24)17-6-4-16(27)5-7-17;1-13(2)25-24(15-8-14(3)23(26(32)33)20(28)9-15)19-11-21-16(12-29-30-21)10-22(19)31(25)18-6-4-17(27)5-7-18/h4-10,12-15H,11H2,1-3H3,(H,29,30)(H,32,33);3-13H,1-2H3,(H,31,32)(H,34,35);4-13H,1-3H3,(H,29,30)(H,32,33). The Hall–Kier alpha value is -12.1. The zero-order valence-corrected chi connectivity index (χ0v) is 55.6. The van der Waals surface area contributed by atoms with E-state index in [9.17, 15) is 60.4 Å². The fourth-order valence-electron chi connectivity index (χ4n) is 13.9. The van der Waals surface area contributed by atoms with Crippen molar-refractivity contribution in [2.45, 2.75) is 85.7 Å². The number of fused-ring (bicyclic) bond motifs is 6. The Balaban J connectivity index is 0.000000136. The van der Waals surface area contributed by atoms with E-state index >= 15 is 0 Å². The lowest BCUT2D eigenvalue weighted by Crippen LogP contribution is -2.13. The highest BCUT2D eigenvalue weighted by Crippen LogP contribution is 2.47. The molecule has 9 aromatic carbocycles. The maximum Gasteiger partial charge on any atom is 0.417 e. The molecule has 6 N–H and O–H groups in total. The molecule has 22 heteroatoms. The number of carboxylic acids is 3. The Bertz CT molecular complexity index is 5750. The number of nitrogens with one attached hydrogen (secondary N) is 3. The second kappa shape index (κ2) is 26.3. The molecule has 15 rings (SSSR count). The van der Waals surface area contributed by atoms with Gasteiger partial charge in [-0.1, -0.05) is 71.9 Å². The number of aromatic amines is 3. The topological polar surface area (TPSA) is 213 Å². The van der Waals surface area contributed by atoms with Gasteiger partial charge in [-0.3, -0.25) is 20.1 Å². The third-order valence-electron chi connectivity index (χ3n) is 18.1. The summed E-state index contributed by atoms with van der Waals surface area (Å²) < 4.78 is 103. The van der Waals surface area contributed by atoms with E-state index in [-0.39, 0.29) is 41.4 Å². The quantitative estimate of drug-likeness (QED) is 0.0605. The van der Waals surface area contributed by atoms with Gasteiger partial charge >= 0.3 is 24.1 Å². The van der Waals surface area contributed by atoms with Gasteiger partial charge in [-0.15, -0.1) is 0 Å². The number of nitrogens with zero attached hydrogens (tertiary/aromatic N) is 6. The lowest BCUT2D eigenvalue weighted by Gasteiger charge is -2.17. The van der Waals surface area contributed by atoms with E-state index in [0.717, 1.165) is 128 Å². The molecule has 510 valence electrons. The molecule has 0 aliphatic carbocycles. The summed E-state index contributed by atoms with van der Waals surface area (Å²) in [4.78, 5) is 34.7. The van der Waals surface area contributed by atoms with E-state index in [1.54, 1.807) is 68.0 Å². The molecule has 0 saturated heterocycles. The molecule has 0 saturated carbocycles. The van der Waals surface area contributed by atoms with Gasteiger partial charge in [0.25, 0.3) is 0 Å². The molecule has 0 unspecified atom stereocenters. The number of benzene rings is 9. The third-order valence-corrected chi connectivity index (χ3v) is 18.1. The maximum atomic E-state index is 14.9. The fourth-order valence-corrected chi connectivity index (χ4v) is 13.9. The Morgan fingerprint density at radius 3 is 1.24 bits per heavy atom. The van der Waals surface area contributed by atoms with E-state index in [0.29, 0.717) is 33.3 Å². The van der Waals surface area contributed by atoms with E-state index in [1.807, 2.05) is 81.7 Å². The van der Waals surface area contributed by atoms with Crippen molar-refractivity contribution in [1.29, 1.82) is 0 Å². The van der Waals surface area contributed by atoms with Gasteiger partial charge in [0.2, 0.25) is 0 Å². The smallest absolute Gasteiger partial charge is 0.417 e. The van der Waals surface area contributed by atoms with E-state index < -0.39 is 46.8 Å². The second-order valence-corrected chi connectivity index (χ2v) is 25.9. The summed E-state index contributed by atoms with van der Waals surface area (Å²) in [5, 5.41) is 55.0. The first kappa shape index (κ1) is 67.5. The minimum Gasteiger partial charge on any atom is -0.481 e. The summed E-state index contributed by atoms with van der Waals surface area (Å²) in [5.41, 5.74) is 14.3. The van der Waals surface area contributed by atoms with Gasteiger partial charge in [0.1, 0.15) is 23.3 Å². The van der Waals surface area contributed by atoms with Gasteiger partial charge in [0.15, 0.2) is 0 Å². The number of aromatic nitrogens is 9. The highest BCUT2D eigenvalue weighted by molar-refractivity contribution is 6.09. The summed E-state index contributed by atoms with van der Waals surface area (Å²) in [7, 11) is 0. The van der Waals surface area contributed by atoms with Crippen molar-refractivity contribution < 1.29 is 60.4 Å². The molecule has 0 bridgehead atoms. The van der Waals surface area contributed by atoms with Crippen LogP contribution >= 0.6 is 0 Å². The molecule has 0 spiro atoms. The van der Waals surface area contributed by atoms with E-state index in [1.165, 1.54) is 48.5 Å².